The number of rotatable bonds is 2. The topological polar surface area (TPSA) is 43.4 Å². The van der Waals surface area contributed by atoms with Gasteiger partial charge in [-0.2, -0.15) is 0 Å². The van der Waals surface area contributed by atoms with Gasteiger partial charge < -0.3 is 4.74 Å². The van der Waals surface area contributed by atoms with Crippen molar-refractivity contribution in [2.75, 3.05) is 7.11 Å². The van der Waals surface area contributed by atoms with Crippen molar-refractivity contribution in [3.8, 4) is 0 Å². The first-order valence-electron chi connectivity index (χ1n) is 9.08. The number of carbonyl (C=O) groups excluding carboxylic acids is 2. The van der Waals surface area contributed by atoms with E-state index in [1.54, 1.807) is 0 Å². The molecular weight excluding hydrogens is 300 g/mol. The van der Waals surface area contributed by atoms with Crippen LogP contribution in [0.2, 0.25) is 0 Å². The molecule has 0 saturated heterocycles. The smallest absolute Gasteiger partial charge is 0.311 e. The fraction of sp³-hybridized carbons (Fsp3) is 0.619. The quantitative estimate of drug-likeness (QED) is 0.748. The summed E-state index contributed by atoms with van der Waals surface area (Å²) in [5, 5.41) is 0. The molecule has 3 nitrogen and oxygen atoms in total. The molecule has 2 aliphatic carbocycles. The molecule has 24 heavy (non-hydrogen) atoms. The Bertz CT molecular complexity index is 588. The highest BCUT2D eigenvalue weighted by molar-refractivity contribution is 5.87. The lowest BCUT2D eigenvalue weighted by molar-refractivity contribution is -0.160. The minimum Gasteiger partial charge on any atom is -0.469 e. The van der Waals surface area contributed by atoms with Crippen LogP contribution in [0.4, 0.5) is 0 Å². The Morgan fingerprint density at radius 3 is 2.33 bits per heavy atom. The fourth-order valence-corrected chi connectivity index (χ4v) is 4.96. The van der Waals surface area contributed by atoms with Gasteiger partial charge in [-0.3, -0.25) is 9.59 Å². The number of Topliss-reactive ketones (excluding diaryl/α,β-unsaturated/α-hetero) is 1. The lowest BCUT2D eigenvalue weighted by Gasteiger charge is -2.52. The maximum absolute atomic E-state index is 12.6. The third kappa shape index (κ3) is 3.13. The Kier molecular flexibility index (Phi) is 5.52. The molecule has 3 rings (SSSR count). The van der Waals surface area contributed by atoms with Crippen molar-refractivity contribution in [3.63, 3.8) is 0 Å². The highest BCUT2D eigenvalue weighted by Gasteiger charge is 2.56. The number of hydrogen-bond acceptors (Lipinski definition) is 3. The Labute approximate surface area is 145 Å². The predicted octanol–water partition coefficient (Wildman–Crippen LogP) is 4.54. The number of ether oxygens (including phenoxy) is 1. The largest absolute Gasteiger partial charge is 0.469 e. The standard InChI is InChI=1S/C19H24O3.C2H6/c1-13-9-19(15-7-5-4-6-8-15)11-14(16(13)20)10-18(2,12-19)17(21)22-3;1-2/h4-8,13-14H,9-12H2,1-3H3;1-2H3. The van der Waals surface area contributed by atoms with Gasteiger partial charge in [0.25, 0.3) is 0 Å². The van der Waals surface area contributed by atoms with Crippen LogP contribution in [0.3, 0.4) is 0 Å². The van der Waals surface area contributed by atoms with Gasteiger partial charge in [0.15, 0.2) is 0 Å². The number of fused-ring (bicyclic) bond motifs is 2. The van der Waals surface area contributed by atoms with Crippen molar-refractivity contribution in [2.45, 2.75) is 58.8 Å². The lowest BCUT2D eigenvalue weighted by atomic mass is 9.50. The van der Waals surface area contributed by atoms with Gasteiger partial charge in [0, 0.05) is 11.8 Å². The molecule has 4 atom stereocenters. The van der Waals surface area contributed by atoms with Crippen molar-refractivity contribution < 1.29 is 14.3 Å². The molecule has 2 bridgehead atoms. The van der Waals surface area contributed by atoms with E-state index in [-0.39, 0.29) is 23.2 Å². The fourth-order valence-electron chi connectivity index (χ4n) is 4.96. The molecule has 0 spiro atoms. The second kappa shape index (κ2) is 7.08. The number of ketones is 1. The molecule has 2 fully saturated rings. The molecule has 0 amide bonds. The Morgan fingerprint density at radius 1 is 1.12 bits per heavy atom. The van der Waals surface area contributed by atoms with E-state index in [2.05, 4.69) is 12.1 Å². The zero-order chi connectivity index (χ0) is 18.0. The number of benzene rings is 1. The van der Waals surface area contributed by atoms with Crippen LogP contribution in [0.1, 0.15) is 58.9 Å². The molecule has 0 aliphatic heterocycles. The molecule has 0 N–H and O–H groups in total. The van der Waals surface area contributed by atoms with Gasteiger partial charge in [-0.05, 0) is 43.6 Å². The van der Waals surface area contributed by atoms with Gasteiger partial charge >= 0.3 is 5.97 Å². The summed E-state index contributed by atoms with van der Waals surface area (Å²) in [6.07, 6.45) is 3.09. The molecule has 0 radical (unpaired) electrons. The first-order valence-corrected chi connectivity index (χ1v) is 9.08. The molecule has 1 aromatic rings. The van der Waals surface area contributed by atoms with Gasteiger partial charge in [-0.1, -0.05) is 51.1 Å². The summed E-state index contributed by atoms with van der Waals surface area (Å²) in [6, 6.07) is 10.4. The highest BCUT2D eigenvalue weighted by atomic mass is 16.5. The van der Waals surface area contributed by atoms with E-state index in [0.29, 0.717) is 12.2 Å². The summed E-state index contributed by atoms with van der Waals surface area (Å²) < 4.78 is 5.05. The van der Waals surface area contributed by atoms with E-state index in [9.17, 15) is 9.59 Å². The Morgan fingerprint density at radius 2 is 1.75 bits per heavy atom. The van der Waals surface area contributed by atoms with E-state index in [0.717, 1.165) is 19.3 Å². The summed E-state index contributed by atoms with van der Waals surface area (Å²) in [6.45, 7) is 8.00. The van der Waals surface area contributed by atoms with Crippen LogP contribution >= 0.6 is 0 Å². The maximum Gasteiger partial charge on any atom is 0.311 e. The van der Waals surface area contributed by atoms with Crippen LogP contribution in [-0.2, 0) is 19.7 Å². The molecule has 4 unspecified atom stereocenters. The minimum atomic E-state index is -0.566. The normalized spacial score (nSPS) is 34.8. The van der Waals surface area contributed by atoms with Gasteiger partial charge in [-0.25, -0.2) is 0 Å². The van der Waals surface area contributed by atoms with Crippen molar-refractivity contribution in [2.24, 2.45) is 17.3 Å². The molecule has 3 heteroatoms. The van der Waals surface area contributed by atoms with Gasteiger partial charge in [0.2, 0.25) is 0 Å². The zero-order valence-electron chi connectivity index (χ0n) is 15.6. The minimum absolute atomic E-state index is 0.0261. The van der Waals surface area contributed by atoms with Crippen molar-refractivity contribution in [1.29, 1.82) is 0 Å². The first kappa shape index (κ1) is 18.7. The van der Waals surface area contributed by atoms with E-state index in [1.807, 2.05) is 45.9 Å². The second-order valence-electron chi connectivity index (χ2n) is 7.49. The highest BCUT2D eigenvalue weighted by Crippen LogP contribution is 2.57. The van der Waals surface area contributed by atoms with Gasteiger partial charge in [-0.15, -0.1) is 0 Å². The summed E-state index contributed by atoms with van der Waals surface area (Å²) in [7, 11) is 1.44. The van der Waals surface area contributed by atoms with Crippen LogP contribution < -0.4 is 0 Å². The van der Waals surface area contributed by atoms with Crippen LogP contribution in [0, 0.1) is 17.3 Å². The molecule has 0 aromatic heterocycles. The number of methoxy groups -OCH3 is 1. The first-order chi connectivity index (χ1) is 11.4. The van der Waals surface area contributed by atoms with Crippen molar-refractivity contribution in [1.82, 2.24) is 0 Å². The molecule has 2 saturated carbocycles. The summed E-state index contributed by atoms with van der Waals surface area (Å²) in [4.78, 5) is 24.9. The van der Waals surface area contributed by atoms with Crippen molar-refractivity contribution >= 4 is 11.8 Å². The second-order valence-corrected chi connectivity index (χ2v) is 7.49. The zero-order valence-corrected chi connectivity index (χ0v) is 15.6. The van der Waals surface area contributed by atoms with E-state index < -0.39 is 5.41 Å². The molecule has 2 aliphatic rings. The number of hydrogen-bond donors (Lipinski definition) is 0. The molecule has 0 heterocycles. The predicted molar refractivity (Wildman–Crippen MR) is 95.7 cm³/mol. The van der Waals surface area contributed by atoms with E-state index in [1.165, 1.54) is 12.7 Å². The third-order valence-corrected chi connectivity index (χ3v) is 5.71. The summed E-state index contributed by atoms with van der Waals surface area (Å²) in [5.74, 6) is 0.184. The molecule has 132 valence electrons. The average molecular weight is 330 g/mol. The SMILES string of the molecule is CC.COC(=O)C1(C)CC2CC(c3ccccc3)(CC(C)C2=O)C1. The van der Waals surface area contributed by atoms with Crippen LogP contribution in [0.5, 0.6) is 0 Å². The lowest BCUT2D eigenvalue weighted by Crippen LogP contribution is -2.53. The third-order valence-electron chi connectivity index (χ3n) is 5.71. The molecule has 1 aromatic carbocycles. The van der Waals surface area contributed by atoms with Crippen molar-refractivity contribution in [3.05, 3.63) is 35.9 Å². The summed E-state index contributed by atoms with van der Waals surface area (Å²) in [5.41, 5.74) is 0.609. The molecular formula is C21H30O3. The Hall–Kier alpha value is -1.64. The van der Waals surface area contributed by atoms with Crippen LogP contribution in [-0.4, -0.2) is 18.9 Å². The average Bonchev–Trinajstić information content (AvgIpc) is 2.61. The van der Waals surface area contributed by atoms with Crippen LogP contribution in [0.15, 0.2) is 30.3 Å². The van der Waals surface area contributed by atoms with E-state index in [4.69, 9.17) is 4.74 Å². The van der Waals surface area contributed by atoms with Gasteiger partial charge in [0.05, 0.1) is 12.5 Å². The van der Waals surface area contributed by atoms with E-state index >= 15 is 0 Å². The summed E-state index contributed by atoms with van der Waals surface area (Å²) >= 11 is 0. The van der Waals surface area contributed by atoms with Gasteiger partial charge in [0.1, 0.15) is 5.78 Å². The monoisotopic (exact) mass is 330 g/mol. The maximum atomic E-state index is 12.6. The Balaban J connectivity index is 0.00000100. The van der Waals surface area contributed by atoms with Crippen LogP contribution in [0.25, 0.3) is 0 Å². The number of esters is 1. The number of carbonyl (C=O) groups is 2.